The van der Waals surface area contributed by atoms with E-state index in [9.17, 15) is 4.79 Å². The van der Waals surface area contributed by atoms with Gasteiger partial charge in [0, 0.05) is 24.2 Å². The van der Waals surface area contributed by atoms with Gasteiger partial charge < -0.3 is 15.4 Å². The van der Waals surface area contributed by atoms with E-state index in [4.69, 9.17) is 4.74 Å². The number of carbonyl (C=O) groups is 1. The lowest BCUT2D eigenvalue weighted by atomic mass is 10.2. The highest BCUT2D eigenvalue weighted by Crippen LogP contribution is 2.13. The summed E-state index contributed by atoms with van der Waals surface area (Å²) in [5.74, 6) is 0.579. The van der Waals surface area contributed by atoms with E-state index in [2.05, 4.69) is 31.7 Å². The standard InChI is InChI=1S/C15H19BrN4O2.ClH/c1-22-9-8-17-10-15(21)19-14-6-7-18-20(14)11-12-2-4-13(16)5-3-12;/h2-7,17H,8-11H2,1H3,(H,19,21);1H. The second kappa shape index (κ2) is 10.4. The molecule has 0 unspecified atom stereocenters. The maximum absolute atomic E-state index is 11.9. The Morgan fingerprint density at radius 1 is 1.30 bits per heavy atom. The topological polar surface area (TPSA) is 68.2 Å². The third-order valence-corrected chi connectivity index (χ3v) is 3.53. The van der Waals surface area contributed by atoms with Gasteiger partial charge in [-0.15, -0.1) is 12.4 Å². The molecule has 0 saturated carbocycles. The Morgan fingerprint density at radius 3 is 2.74 bits per heavy atom. The first kappa shape index (κ1) is 19.6. The summed E-state index contributed by atoms with van der Waals surface area (Å²) in [5.41, 5.74) is 1.11. The summed E-state index contributed by atoms with van der Waals surface area (Å²) in [6, 6.07) is 9.78. The average Bonchev–Trinajstić information content (AvgIpc) is 2.93. The van der Waals surface area contributed by atoms with Gasteiger partial charge >= 0.3 is 0 Å². The van der Waals surface area contributed by atoms with E-state index in [0.717, 1.165) is 10.0 Å². The zero-order valence-electron chi connectivity index (χ0n) is 12.8. The summed E-state index contributed by atoms with van der Waals surface area (Å²) < 4.78 is 7.71. The van der Waals surface area contributed by atoms with Gasteiger partial charge in [0.2, 0.25) is 5.91 Å². The first-order valence-corrected chi connectivity index (χ1v) is 7.74. The Kier molecular flexibility index (Phi) is 8.86. The Balaban J connectivity index is 0.00000264. The summed E-state index contributed by atoms with van der Waals surface area (Å²) in [5, 5.41) is 10.1. The van der Waals surface area contributed by atoms with Crippen molar-refractivity contribution in [3.8, 4) is 0 Å². The first-order valence-electron chi connectivity index (χ1n) is 6.95. The number of nitrogens with one attached hydrogen (secondary N) is 2. The Labute approximate surface area is 150 Å². The minimum absolute atomic E-state index is 0. The van der Waals surface area contributed by atoms with E-state index >= 15 is 0 Å². The van der Waals surface area contributed by atoms with E-state index in [1.165, 1.54) is 0 Å². The molecule has 126 valence electrons. The van der Waals surface area contributed by atoms with Gasteiger partial charge in [0.25, 0.3) is 0 Å². The van der Waals surface area contributed by atoms with Crippen LogP contribution in [-0.4, -0.2) is 42.5 Å². The molecule has 0 saturated heterocycles. The molecule has 1 heterocycles. The van der Waals surface area contributed by atoms with Gasteiger partial charge in [-0.05, 0) is 17.7 Å². The van der Waals surface area contributed by atoms with Crippen molar-refractivity contribution in [2.24, 2.45) is 0 Å². The number of nitrogens with zero attached hydrogens (tertiary/aromatic N) is 2. The number of aromatic nitrogens is 2. The quantitative estimate of drug-likeness (QED) is 0.664. The van der Waals surface area contributed by atoms with E-state index < -0.39 is 0 Å². The first-order chi connectivity index (χ1) is 10.7. The predicted molar refractivity (Wildman–Crippen MR) is 96.1 cm³/mol. The maximum atomic E-state index is 11.9. The van der Waals surface area contributed by atoms with Crippen LogP contribution in [0.5, 0.6) is 0 Å². The highest BCUT2D eigenvalue weighted by molar-refractivity contribution is 9.10. The predicted octanol–water partition coefficient (Wildman–Crippen LogP) is 2.29. The summed E-state index contributed by atoms with van der Waals surface area (Å²) in [6.45, 7) is 2.07. The number of hydrogen-bond acceptors (Lipinski definition) is 4. The van der Waals surface area contributed by atoms with Crippen molar-refractivity contribution in [2.75, 3.05) is 32.1 Å². The van der Waals surface area contributed by atoms with Gasteiger partial charge in [0.1, 0.15) is 5.82 Å². The third kappa shape index (κ3) is 6.70. The molecular formula is C15H20BrClN4O2. The Bertz CT molecular complexity index is 604. The molecule has 2 N–H and O–H groups in total. The van der Waals surface area contributed by atoms with Crippen molar-refractivity contribution in [2.45, 2.75) is 6.54 Å². The summed E-state index contributed by atoms with van der Waals surface area (Å²) in [6.07, 6.45) is 1.67. The van der Waals surface area contributed by atoms with Crippen LogP contribution in [0.1, 0.15) is 5.56 Å². The number of methoxy groups -OCH3 is 1. The number of ether oxygens (including phenoxy) is 1. The van der Waals surface area contributed by atoms with Crippen LogP contribution in [0.2, 0.25) is 0 Å². The molecule has 8 heteroatoms. The van der Waals surface area contributed by atoms with Crippen LogP contribution in [0.3, 0.4) is 0 Å². The number of hydrogen-bond donors (Lipinski definition) is 2. The van der Waals surface area contributed by atoms with Crippen LogP contribution in [0.15, 0.2) is 41.0 Å². The van der Waals surface area contributed by atoms with Crippen LogP contribution >= 0.6 is 28.3 Å². The number of anilines is 1. The molecule has 6 nitrogen and oxygen atoms in total. The fourth-order valence-electron chi connectivity index (χ4n) is 1.89. The van der Waals surface area contributed by atoms with Crippen LogP contribution in [0, 0.1) is 0 Å². The molecule has 1 amide bonds. The van der Waals surface area contributed by atoms with Crippen LogP contribution < -0.4 is 10.6 Å². The molecule has 1 aromatic carbocycles. The molecule has 1 aromatic heterocycles. The Hall–Kier alpha value is -1.41. The smallest absolute Gasteiger partial charge is 0.239 e. The number of amides is 1. The van der Waals surface area contributed by atoms with Crippen LogP contribution in [0.4, 0.5) is 5.82 Å². The molecule has 0 aliphatic carbocycles. The van der Waals surface area contributed by atoms with E-state index in [-0.39, 0.29) is 24.9 Å². The lowest BCUT2D eigenvalue weighted by Crippen LogP contribution is -2.31. The number of halogens is 2. The van der Waals surface area contributed by atoms with Gasteiger partial charge in [0.15, 0.2) is 0 Å². The largest absolute Gasteiger partial charge is 0.383 e. The van der Waals surface area contributed by atoms with Crippen molar-refractivity contribution < 1.29 is 9.53 Å². The highest BCUT2D eigenvalue weighted by Gasteiger charge is 2.07. The zero-order valence-corrected chi connectivity index (χ0v) is 15.2. The zero-order chi connectivity index (χ0) is 15.8. The van der Waals surface area contributed by atoms with Gasteiger partial charge in [-0.3, -0.25) is 4.79 Å². The van der Waals surface area contributed by atoms with Gasteiger partial charge in [-0.2, -0.15) is 5.10 Å². The molecule has 0 fully saturated rings. The molecule has 2 aromatic rings. The molecule has 0 bridgehead atoms. The minimum atomic E-state index is -0.103. The summed E-state index contributed by atoms with van der Waals surface area (Å²) in [7, 11) is 1.63. The van der Waals surface area contributed by atoms with Gasteiger partial charge in [0.05, 0.1) is 25.9 Å². The molecule has 0 atom stereocenters. The molecular weight excluding hydrogens is 384 g/mol. The third-order valence-electron chi connectivity index (χ3n) is 3.00. The van der Waals surface area contributed by atoms with Gasteiger partial charge in [-0.1, -0.05) is 28.1 Å². The second-order valence-corrected chi connectivity index (χ2v) is 5.63. The van der Waals surface area contributed by atoms with E-state index in [1.807, 2.05) is 24.3 Å². The fourth-order valence-corrected chi connectivity index (χ4v) is 2.16. The fraction of sp³-hybridized carbons (Fsp3) is 0.333. The molecule has 0 radical (unpaired) electrons. The van der Waals surface area contributed by atoms with Crippen molar-refractivity contribution in [3.63, 3.8) is 0 Å². The summed E-state index contributed by atoms with van der Waals surface area (Å²) >= 11 is 3.41. The van der Waals surface area contributed by atoms with Crippen molar-refractivity contribution in [1.82, 2.24) is 15.1 Å². The van der Waals surface area contributed by atoms with Crippen LogP contribution in [-0.2, 0) is 16.1 Å². The lowest BCUT2D eigenvalue weighted by Gasteiger charge is -2.10. The number of benzene rings is 1. The lowest BCUT2D eigenvalue weighted by molar-refractivity contribution is -0.115. The van der Waals surface area contributed by atoms with E-state index in [0.29, 0.717) is 25.5 Å². The van der Waals surface area contributed by atoms with Crippen molar-refractivity contribution in [1.29, 1.82) is 0 Å². The SMILES string of the molecule is COCCNCC(=O)Nc1ccnn1Cc1ccc(Br)cc1.Cl. The van der Waals surface area contributed by atoms with E-state index in [1.54, 1.807) is 24.1 Å². The normalized spacial score (nSPS) is 10.2. The number of carbonyl (C=O) groups excluding carboxylic acids is 1. The maximum Gasteiger partial charge on any atom is 0.239 e. The average molecular weight is 404 g/mol. The van der Waals surface area contributed by atoms with Crippen molar-refractivity contribution >= 4 is 40.1 Å². The molecule has 23 heavy (non-hydrogen) atoms. The summed E-state index contributed by atoms with van der Waals surface area (Å²) in [4.78, 5) is 11.9. The Morgan fingerprint density at radius 2 is 2.04 bits per heavy atom. The van der Waals surface area contributed by atoms with Crippen LogP contribution in [0.25, 0.3) is 0 Å². The second-order valence-electron chi connectivity index (χ2n) is 4.72. The van der Waals surface area contributed by atoms with Crippen molar-refractivity contribution in [3.05, 3.63) is 46.6 Å². The monoisotopic (exact) mass is 402 g/mol. The van der Waals surface area contributed by atoms with Gasteiger partial charge in [-0.25, -0.2) is 4.68 Å². The minimum Gasteiger partial charge on any atom is -0.383 e. The number of rotatable bonds is 8. The molecule has 0 aliphatic heterocycles. The molecule has 2 rings (SSSR count). The molecule has 0 spiro atoms. The molecule has 0 aliphatic rings. The highest BCUT2D eigenvalue weighted by atomic mass is 79.9.